The molecule has 142 valence electrons. The largest absolute Gasteiger partial charge is 0.452 e. The molecule has 28 heavy (non-hydrogen) atoms. The summed E-state index contributed by atoms with van der Waals surface area (Å²) in [5.74, 6) is -0.636. The van der Waals surface area contributed by atoms with E-state index in [1.807, 2.05) is 66.7 Å². The number of fused-ring (bicyclic) bond motifs is 1. The van der Waals surface area contributed by atoms with E-state index in [0.717, 1.165) is 27.6 Å². The number of carbonyl (C=O) groups excluding carboxylic acids is 2. The third-order valence-corrected chi connectivity index (χ3v) is 4.42. The average molecular weight is 373 g/mol. The Labute approximate surface area is 164 Å². The van der Waals surface area contributed by atoms with Gasteiger partial charge in [-0.25, -0.2) is 4.79 Å². The van der Waals surface area contributed by atoms with E-state index in [2.05, 4.69) is 19.2 Å². The zero-order chi connectivity index (χ0) is 19.9. The number of carbonyl (C=O) groups is 2. The van der Waals surface area contributed by atoms with Crippen LogP contribution in [0.2, 0.25) is 0 Å². The van der Waals surface area contributed by atoms with Crippen molar-refractivity contribution in [3.05, 3.63) is 83.9 Å². The van der Waals surface area contributed by atoms with Crippen molar-refractivity contribution in [2.45, 2.75) is 19.8 Å². The Morgan fingerprint density at radius 1 is 0.964 bits per heavy atom. The first-order chi connectivity index (χ1) is 13.5. The second kappa shape index (κ2) is 9.00. The SMILES string of the molecule is CC(C)c1ccccc1NC(=O)COC(=O)C=Cc1cccc2ccccc12. The predicted molar refractivity (Wildman–Crippen MR) is 113 cm³/mol. The highest BCUT2D eigenvalue weighted by Gasteiger charge is 2.10. The Morgan fingerprint density at radius 3 is 2.50 bits per heavy atom. The van der Waals surface area contributed by atoms with E-state index < -0.39 is 5.97 Å². The fourth-order valence-electron chi connectivity index (χ4n) is 3.04. The second-order valence-corrected chi connectivity index (χ2v) is 6.80. The van der Waals surface area contributed by atoms with Gasteiger partial charge in [-0.2, -0.15) is 0 Å². The molecule has 0 unspecified atom stereocenters. The Balaban J connectivity index is 1.58. The monoisotopic (exact) mass is 373 g/mol. The highest BCUT2D eigenvalue weighted by molar-refractivity contribution is 5.97. The number of rotatable bonds is 6. The Morgan fingerprint density at radius 2 is 1.68 bits per heavy atom. The van der Waals surface area contributed by atoms with Gasteiger partial charge in [-0.05, 0) is 40.0 Å². The molecule has 1 amide bonds. The summed E-state index contributed by atoms with van der Waals surface area (Å²) >= 11 is 0. The van der Waals surface area contributed by atoms with E-state index in [4.69, 9.17) is 4.74 Å². The summed E-state index contributed by atoms with van der Waals surface area (Å²) < 4.78 is 5.07. The molecule has 0 saturated carbocycles. The van der Waals surface area contributed by atoms with E-state index in [1.165, 1.54) is 6.08 Å². The van der Waals surface area contributed by atoms with Crippen molar-refractivity contribution in [1.29, 1.82) is 0 Å². The molecule has 0 aromatic heterocycles. The number of esters is 1. The molecule has 3 aromatic rings. The van der Waals surface area contributed by atoms with Crippen LogP contribution in [0, 0.1) is 0 Å². The van der Waals surface area contributed by atoms with Crippen LogP contribution in [-0.4, -0.2) is 18.5 Å². The molecule has 0 saturated heterocycles. The first-order valence-corrected chi connectivity index (χ1v) is 9.26. The lowest BCUT2D eigenvalue weighted by Gasteiger charge is -2.13. The molecule has 0 aliphatic heterocycles. The number of hydrogen-bond donors (Lipinski definition) is 1. The lowest BCUT2D eigenvalue weighted by Crippen LogP contribution is -2.21. The van der Waals surface area contributed by atoms with Crippen LogP contribution in [0.4, 0.5) is 5.69 Å². The van der Waals surface area contributed by atoms with Crippen LogP contribution < -0.4 is 5.32 Å². The van der Waals surface area contributed by atoms with E-state index in [1.54, 1.807) is 6.08 Å². The Hall–Kier alpha value is -3.40. The lowest BCUT2D eigenvalue weighted by atomic mass is 10.0. The number of benzene rings is 3. The zero-order valence-corrected chi connectivity index (χ0v) is 16.0. The topological polar surface area (TPSA) is 55.4 Å². The van der Waals surface area contributed by atoms with Crippen molar-refractivity contribution in [3.8, 4) is 0 Å². The first-order valence-electron chi connectivity index (χ1n) is 9.26. The van der Waals surface area contributed by atoms with Gasteiger partial charge in [0, 0.05) is 11.8 Å². The zero-order valence-electron chi connectivity index (χ0n) is 16.0. The van der Waals surface area contributed by atoms with Gasteiger partial charge in [0.05, 0.1) is 0 Å². The Bertz CT molecular complexity index is 1020. The van der Waals surface area contributed by atoms with Gasteiger partial charge in [0.1, 0.15) is 0 Å². The van der Waals surface area contributed by atoms with Gasteiger partial charge in [0.25, 0.3) is 5.91 Å². The van der Waals surface area contributed by atoms with E-state index in [9.17, 15) is 9.59 Å². The third-order valence-electron chi connectivity index (χ3n) is 4.42. The molecular weight excluding hydrogens is 350 g/mol. The van der Waals surface area contributed by atoms with Crippen LogP contribution in [-0.2, 0) is 14.3 Å². The lowest BCUT2D eigenvalue weighted by molar-refractivity contribution is -0.142. The van der Waals surface area contributed by atoms with Crippen LogP contribution in [0.5, 0.6) is 0 Å². The van der Waals surface area contributed by atoms with Gasteiger partial charge >= 0.3 is 5.97 Å². The van der Waals surface area contributed by atoms with Crippen molar-refractivity contribution < 1.29 is 14.3 Å². The van der Waals surface area contributed by atoms with Crippen LogP contribution in [0.3, 0.4) is 0 Å². The predicted octanol–water partition coefficient (Wildman–Crippen LogP) is 5.16. The molecule has 0 aliphatic carbocycles. The summed E-state index contributed by atoms with van der Waals surface area (Å²) in [5, 5.41) is 4.96. The van der Waals surface area contributed by atoms with Crippen LogP contribution in [0.25, 0.3) is 16.8 Å². The first kappa shape index (κ1) is 19.4. The number of para-hydroxylation sites is 1. The minimum absolute atomic E-state index is 0.280. The minimum Gasteiger partial charge on any atom is -0.452 e. The van der Waals surface area contributed by atoms with Gasteiger partial charge in [0.15, 0.2) is 6.61 Å². The van der Waals surface area contributed by atoms with Gasteiger partial charge in [-0.1, -0.05) is 74.5 Å². The molecule has 4 heteroatoms. The molecule has 4 nitrogen and oxygen atoms in total. The molecule has 0 radical (unpaired) electrons. The normalized spacial score (nSPS) is 11.1. The summed E-state index contributed by atoms with van der Waals surface area (Å²) in [4.78, 5) is 24.1. The molecule has 0 bridgehead atoms. The molecule has 3 rings (SSSR count). The van der Waals surface area contributed by atoms with Gasteiger partial charge in [0.2, 0.25) is 0 Å². The van der Waals surface area contributed by atoms with Crippen molar-refractivity contribution >= 4 is 34.4 Å². The number of hydrogen-bond acceptors (Lipinski definition) is 3. The van der Waals surface area contributed by atoms with E-state index >= 15 is 0 Å². The number of anilines is 1. The number of ether oxygens (including phenoxy) is 1. The smallest absolute Gasteiger partial charge is 0.331 e. The van der Waals surface area contributed by atoms with E-state index in [-0.39, 0.29) is 18.4 Å². The van der Waals surface area contributed by atoms with Crippen LogP contribution >= 0.6 is 0 Å². The highest BCUT2D eigenvalue weighted by Crippen LogP contribution is 2.23. The summed E-state index contributed by atoms with van der Waals surface area (Å²) in [6.45, 7) is 3.79. The maximum absolute atomic E-state index is 12.1. The van der Waals surface area contributed by atoms with Crippen molar-refractivity contribution in [2.75, 3.05) is 11.9 Å². The quantitative estimate of drug-likeness (QED) is 0.480. The van der Waals surface area contributed by atoms with Crippen molar-refractivity contribution in [1.82, 2.24) is 0 Å². The summed E-state index contributed by atoms with van der Waals surface area (Å²) in [6.07, 6.45) is 3.05. The van der Waals surface area contributed by atoms with Crippen molar-refractivity contribution in [2.24, 2.45) is 0 Å². The fourth-order valence-corrected chi connectivity index (χ4v) is 3.04. The molecule has 0 spiro atoms. The van der Waals surface area contributed by atoms with Crippen LogP contribution in [0.1, 0.15) is 30.9 Å². The van der Waals surface area contributed by atoms with E-state index in [0.29, 0.717) is 0 Å². The third kappa shape index (κ3) is 4.86. The summed E-state index contributed by atoms with van der Waals surface area (Å²) in [5.41, 5.74) is 2.70. The molecule has 0 heterocycles. The molecule has 0 aliphatic rings. The summed E-state index contributed by atoms with van der Waals surface area (Å²) in [6, 6.07) is 21.4. The van der Waals surface area contributed by atoms with Gasteiger partial charge in [-0.3, -0.25) is 4.79 Å². The standard InChI is InChI=1S/C24H23NO3/c1-17(2)20-11-5-6-13-22(20)25-23(26)16-28-24(27)15-14-19-10-7-9-18-8-3-4-12-21(18)19/h3-15,17H,16H2,1-2H3,(H,25,26). The maximum Gasteiger partial charge on any atom is 0.331 e. The van der Waals surface area contributed by atoms with Crippen molar-refractivity contribution in [3.63, 3.8) is 0 Å². The van der Waals surface area contributed by atoms with Gasteiger partial charge in [-0.15, -0.1) is 0 Å². The summed E-state index contributed by atoms with van der Waals surface area (Å²) in [7, 11) is 0. The number of nitrogens with one attached hydrogen (secondary N) is 1. The molecule has 3 aromatic carbocycles. The highest BCUT2D eigenvalue weighted by atomic mass is 16.5. The fraction of sp³-hybridized carbons (Fsp3) is 0.167. The molecule has 0 atom stereocenters. The maximum atomic E-state index is 12.1. The van der Waals surface area contributed by atoms with Crippen LogP contribution in [0.15, 0.2) is 72.8 Å². The average Bonchev–Trinajstić information content (AvgIpc) is 2.71. The second-order valence-electron chi connectivity index (χ2n) is 6.80. The molecule has 1 N–H and O–H groups in total. The molecular formula is C24H23NO3. The Kier molecular flexibility index (Phi) is 6.22. The minimum atomic E-state index is -0.555. The molecule has 0 fully saturated rings. The van der Waals surface area contributed by atoms with Gasteiger partial charge < -0.3 is 10.1 Å². The number of amides is 1.